The predicted octanol–water partition coefficient (Wildman–Crippen LogP) is 1.23. The molecule has 3 N–H and O–H groups in total. The van der Waals surface area contributed by atoms with Crippen LogP contribution >= 0.6 is 0 Å². The first-order valence-corrected chi connectivity index (χ1v) is 4.41. The normalized spacial score (nSPS) is 15.3. The van der Waals surface area contributed by atoms with Crippen molar-refractivity contribution in [2.75, 3.05) is 0 Å². The van der Waals surface area contributed by atoms with Crippen LogP contribution in [0.4, 0.5) is 0 Å². The summed E-state index contributed by atoms with van der Waals surface area (Å²) in [6, 6.07) is 0. The Bertz CT molecular complexity index is 162. The monoisotopic (exact) mass is 191 g/mol. The summed E-state index contributed by atoms with van der Waals surface area (Å²) in [5, 5.41) is 8.92. The quantitative estimate of drug-likeness (QED) is 0.467. The molecule has 0 aromatic carbocycles. The molecule has 5 heteroatoms. The lowest BCUT2D eigenvalue weighted by atomic mass is 9.94. The molecule has 0 saturated heterocycles. The van der Waals surface area contributed by atoms with E-state index in [9.17, 15) is 4.79 Å². The molecule has 0 aliphatic carbocycles. The van der Waals surface area contributed by atoms with Crippen LogP contribution in [0.15, 0.2) is 0 Å². The fraction of sp³-hybridized carbons (Fsp3) is 0.875. The molecular weight excluding hydrogens is 174 g/mol. The number of unbranched alkanes of at least 4 members (excludes halogenated alkanes) is 1. The first-order chi connectivity index (χ1) is 6.13. The van der Waals surface area contributed by atoms with Crippen LogP contribution in [0.3, 0.4) is 0 Å². The maximum absolute atomic E-state index is 10.9. The molecular formula is C8H17NO4. The van der Waals surface area contributed by atoms with E-state index in [2.05, 4.69) is 9.88 Å². The Morgan fingerprint density at radius 2 is 2.15 bits per heavy atom. The molecule has 0 aromatic rings. The lowest BCUT2D eigenvalue weighted by molar-refractivity contribution is -0.361. The van der Waals surface area contributed by atoms with Crippen molar-refractivity contribution < 1.29 is 19.8 Å². The fourth-order valence-corrected chi connectivity index (χ4v) is 1.13. The van der Waals surface area contributed by atoms with E-state index in [1.165, 1.54) is 0 Å². The Hall–Kier alpha value is -0.650. The Morgan fingerprint density at radius 3 is 2.46 bits per heavy atom. The standard InChI is InChI=1S/C8H17NO4/c1-3-5-6-8(4-2,7(10)11)12-13-9/h3-6,9H2,1-2H3,(H,10,11). The van der Waals surface area contributed by atoms with Crippen molar-refractivity contribution in [3.05, 3.63) is 0 Å². The van der Waals surface area contributed by atoms with E-state index in [0.29, 0.717) is 12.8 Å². The van der Waals surface area contributed by atoms with Gasteiger partial charge in [-0.2, -0.15) is 10.8 Å². The summed E-state index contributed by atoms with van der Waals surface area (Å²) in [5.74, 6) is 3.68. The number of carbonyl (C=O) groups is 1. The summed E-state index contributed by atoms with van der Waals surface area (Å²) in [6.45, 7) is 3.70. The van der Waals surface area contributed by atoms with Gasteiger partial charge in [-0.05, 0) is 12.8 Å². The molecule has 0 rings (SSSR count). The van der Waals surface area contributed by atoms with E-state index >= 15 is 0 Å². The smallest absolute Gasteiger partial charge is 0.339 e. The van der Waals surface area contributed by atoms with Crippen LogP contribution in [0.25, 0.3) is 0 Å². The molecule has 0 aliphatic heterocycles. The van der Waals surface area contributed by atoms with Gasteiger partial charge in [0.1, 0.15) is 0 Å². The second-order valence-corrected chi connectivity index (χ2v) is 2.94. The molecule has 5 nitrogen and oxygen atoms in total. The Kier molecular flexibility index (Phi) is 5.61. The third-order valence-electron chi connectivity index (χ3n) is 2.10. The van der Waals surface area contributed by atoms with E-state index in [-0.39, 0.29) is 0 Å². The van der Waals surface area contributed by atoms with Gasteiger partial charge in [-0.3, -0.25) is 0 Å². The SMILES string of the molecule is CCCCC(CC)(OON)C(=O)O. The number of hydrogen-bond acceptors (Lipinski definition) is 4. The topological polar surface area (TPSA) is 81.8 Å². The number of carboxylic acid groups (broad SMARTS) is 1. The minimum atomic E-state index is -1.29. The second-order valence-electron chi connectivity index (χ2n) is 2.94. The summed E-state index contributed by atoms with van der Waals surface area (Å²) in [6.07, 6.45) is 2.42. The molecule has 0 aliphatic rings. The van der Waals surface area contributed by atoms with Gasteiger partial charge >= 0.3 is 5.97 Å². The van der Waals surface area contributed by atoms with E-state index in [1.807, 2.05) is 6.92 Å². The average Bonchev–Trinajstić information content (AvgIpc) is 2.12. The zero-order valence-electron chi connectivity index (χ0n) is 8.08. The average molecular weight is 191 g/mol. The molecule has 1 unspecified atom stereocenters. The predicted molar refractivity (Wildman–Crippen MR) is 46.5 cm³/mol. The number of aliphatic carboxylic acids is 1. The molecule has 0 fully saturated rings. The van der Waals surface area contributed by atoms with Crippen LogP contribution in [-0.2, 0) is 14.7 Å². The lowest BCUT2D eigenvalue weighted by Crippen LogP contribution is -2.41. The van der Waals surface area contributed by atoms with Crippen molar-refractivity contribution >= 4 is 5.97 Å². The summed E-state index contributed by atoms with van der Waals surface area (Å²) in [4.78, 5) is 19.5. The van der Waals surface area contributed by atoms with Gasteiger partial charge in [0.2, 0.25) is 5.60 Å². The van der Waals surface area contributed by atoms with E-state index in [0.717, 1.165) is 12.8 Å². The zero-order chi connectivity index (χ0) is 10.3. The maximum atomic E-state index is 10.9. The van der Waals surface area contributed by atoms with E-state index in [4.69, 9.17) is 11.0 Å². The van der Waals surface area contributed by atoms with Gasteiger partial charge in [-0.25, -0.2) is 4.79 Å². The second kappa shape index (κ2) is 5.90. The first-order valence-electron chi connectivity index (χ1n) is 4.41. The van der Waals surface area contributed by atoms with Gasteiger partial charge in [0.25, 0.3) is 0 Å². The highest BCUT2D eigenvalue weighted by molar-refractivity contribution is 5.77. The number of carboxylic acids is 1. The van der Waals surface area contributed by atoms with Gasteiger partial charge in [0.15, 0.2) is 0 Å². The lowest BCUT2D eigenvalue weighted by Gasteiger charge is -2.24. The van der Waals surface area contributed by atoms with Gasteiger partial charge in [0, 0.05) is 0 Å². The number of hydrogen-bond donors (Lipinski definition) is 2. The molecule has 0 radical (unpaired) electrons. The van der Waals surface area contributed by atoms with Gasteiger partial charge < -0.3 is 5.11 Å². The van der Waals surface area contributed by atoms with Gasteiger partial charge in [-0.1, -0.05) is 26.7 Å². The highest BCUT2D eigenvalue weighted by Crippen LogP contribution is 2.23. The first kappa shape index (κ1) is 12.3. The van der Waals surface area contributed by atoms with Gasteiger partial charge in [0.05, 0.1) is 0 Å². The minimum Gasteiger partial charge on any atom is -0.479 e. The van der Waals surface area contributed by atoms with Crippen LogP contribution in [-0.4, -0.2) is 16.7 Å². The van der Waals surface area contributed by atoms with Crippen LogP contribution in [0.5, 0.6) is 0 Å². The maximum Gasteiger partial charge on any atom is 0.339 e. The van der Waals surface area contributed by atoms with Crippen LogP contribution < -0.4 is 5.90 Å². The van der Waals surface area contributed by atoms with Crippen LogP contribution in [0.2, 0.25) is 0 Å². The molecule has 0 aromatic heterocycles. The van der Waals surface area contributed by atoms with Crippen molar-refractivity contribution in [2.24, 2.45) is 5.90 Å². The van der Waals surface area contributed by atoms with Crippen LogP contribution in [0.1, 0.15) is 39.5 Å². The van der Waals surface area contributed by atoms with Crippen molar-refractivity contribution in [3.8, 4) is 0 Å². The molecule has 13 heavy (non-hydrogen) atoms. The molecule has 0 saturated carbocycles. The van der Waals surface area contributed by atoms with Crippen LogP contribution in [0, 0.1) is 0 Å². The molecule has 0 spiro atoms. The Balaban J connectivity index is 4.35. The van der Waals surface area contributed by atoms with E-state index < -0.39 is 11.6 Å². The minimum absolute atomic E-state index is 0.333. The summed E-state index contributed by atoms with van der Waals surface area (Å²) >= 11 is 0. The third kappa shape index (κ3) is 3.30. The molecule has 0 heterocycles. The molecule has 1 atom stereocenters. The molecule has 78 valence electrons. The molecule has 0 amide bonds. The van der Waals surface area contributed by atoms with Crippen molar-refractivity contribution in [1.82, 2.24) is 0 Å². The summed E-state index contributed by atoms with van der Waals surface area (Å²) in [5.41, 5.74) is -1.29. The number of rotatable bonds is 7. The summed E-state index contributed by atoms with van der Waals surface area (Å²) in [7, 11) is 0. The van der Waals surface area contributed by atoms with Gasteiger partial charge in [-0.15, -0.1) is 4.99 Å². The van der Waals surface area contributed by atoms with Crippen molar-refractivity contribution in [1.29, 1.82) is 0 Å². The number of nitrogens with two attached hydrogens (primary N) is 1. The third-order valence-corrected chi connectivity index (χ3v) is 2.10. The van der Waals surface area contributed by atoms with Crippen molar-refractivity contribution in [2.45, 2.75) is 45.1 Å². The van der Waals surface area contributed by atoms with E-state index in [1.54, 1.807) is 6.92 Å². The zero-order valence-corrected chi connectivity index (χ0v) is 8.08. The highest BCUT2D eigenvalue weighted by atomic mass is 17.3. The largest absolute Gasteiger partial charge is 0.479 e. The highest BCUT2D eigenvalue weighted by Gasteiger charge is 2.38. The van der Waals surface area contributed by atoms with Crippen molar-refractivity contribution in [3.63, 3.8) is 0 Å². The molecule has 0 bridgehead atoms. The Labute approximate surface area is 77.7 Å². The Morgan fingerprint density at radius 1 is 1.54 bits per heavy atom. The summed E-state index contributed by atoms with van der Waals surface area (Å²) < 4.78 is 0. The fourth-order valence-electron chi connectivity index (χ4n) is 1.13.